The Labute approximate surface area is 241 Å². The van der Waals surface area contributed by atoms with Gasteiger partial charge >= 0.3 is 6.09 Å². The van der Waals surface area contributed by atoms with Crippen LogP contribution in [0.2, 0.25) is 5.02 Å². The number of methoxy groups -OCH3 is 1. The highest BCUT2D eigenvalue weighted by molar-refractivity contribution is 6.30. The Morgan fingerprint density at radius 3 is 2.63 bits per heavy atom. The van der Waals surface area contributed by atoms with Crippen molar-refractivity contribution in [3.05, 3.63) is 81.5 Å². The molecule has 0 aliphatic carbocycles. The van der Waals surface area contributed by atoms with Gasteiger partial charge in [-0.2, -0.15) is 5.06 Å². The number of hydrazone groups is 1. The standard InChI is InChI=1S/C19H18ClN3O4.C7H14N4O3/c1-25-19(24)23(26-2)17-6-4-3-5-14(17)13-27-18-11-12-22(21-18)16-9-7-15(20)8-10-16;1-8-7(10-11(12)13)9-4-6-2-3-14-5-6/h3-12H,13H2,1-2H3;6H,2-5H2,1H3,(H2,8,9,10). The van der Waals surface area contributed by atoms with Gasteiger partial charge in [-0.1, -0.05) is 29.8 Å². The van der Waals surface area contributed by atoms with Crippen LogP contribution >= 0.6 is 11.6 Å². The van der Waals surface area contributed by atoms with E-state index in [1.807, 2.05) is 24.3 Å². The third-order valence-electron chi connectivity index (χ3n) is 5.77. The van der Waals surface area contributed by atoms with Crippen molar-refractivity contribution in [2.24, 2.45) is 11.0 Å². The van der Waals surface area contributed by atoms with Gasteiger partial charge in [-0.25, -0.2) is 19.6 Å². The van der Waals surface area contributed by atoms with Gasteiger partial charge in [-0.05, 0) is 36.8 Å². The lowest BCUT2D eigenvalue weighted by atomic mass is 10.1. The van der Waals surface area contributed by atoms with Gasteiger partial charge in [0.05, 0.1) is 32.2 Å². The molecule has 1 saturated heterocycles. The van der Waals surface area contributed by atoms with Crippen LogP contribution in [0.15, 0.2) is 65.9 Å². The molecular formula is C26H32ClN7O7. The number of aromatic nitrogens is 2. The van der Waals surface area contributed by atoms with Crippen molar-refractivity contribution in [2.75, 3.05) is 46.1 Å². The van der Waals surface area contributed by atoms with Crippen LogP contribution < -0.4 is 20.4 Å². The molecule has 2 N–H and O–H groups in total. The van der Waals surface area contributed by atoms with Crippen molar-refractivity contribution < 1.29 is 28.9 Å². The normalized spacial score (nSPS) is 14.4. The largest absolute Gasteiger partial charge is 0.472 e. The molecule has 0 spiro atoms. The summed E-state index contributed by atoms with van der Waals surface area (Å²) >= 11 is 5.91. The number of nitro groups is 1. The lowest BCUT2D eigenvalue weighted by molar-refractivity contribution is -0.485. The molecule has 3 aromatic rings. The minimum absolute atomic E-state index is 0.182. The SMILES string of the molecule is CN/C(=N/[N+](=O)[O-])NCC1CCOC1.COC(=O)N(OC)c1ccccc1COc1ccn(-c2ccc(Cl)cc2)n1. The molecule has 14 nitrogen and oxygen atoms in total. The molecule has 0 bridgehead atoms. The van der Waals surface area contributed by atoms with Gasteiger partial charge in [0.1, 0.15) is 11.7 Å². The number of hydrogen-bond acceptors (Lipinski definition) is 8. The number of halogens is 1. The van der Waals surface area contributed by atoms with Crippen LogP contribution in [-0.4, -0.2) is 67.9 Å². The predicted molar refractivity (Wildman–Crippen MR) is 152 cm³/mol. The second-order valence-corrected chi connectivity index (χ2v) is 8.92. The van der Waals surface area contributed by atoms with Gasteiger partial charge in [0.25, 0.3) is 5.96 Å². The summed E-state index contributed by atoms with van der Waals surface area (Å²) in [6.45, 7) is 2.33. The third kappa shape index (κ3) is 9.63. The summed E-state index contributed by atoms with van der Waals surface area (Å²) in [5.41, 5.74) is 2.14. The lowest BCUT2D eigenvalue weighted by Crippen LogP contribution is -2.38. The minimum atomic E-state index is -0.732. The van der Waals surface area contributed by atoms with E-state index in [0.29, 0.717) is 35.7 Å². The number of hydroxylamine groups is 1. The zero-order valence-electron chi connectivity index (χ0n) is 22.9. The molecule has 2 heterocycles. The Morgan fingerprint density at radius 2 is 2.00 bits per heavy atom. The zero-order chi connectivity index (χ0) is 29.6. The van der Waals surface area contributed by atoms with Crippen LogP contribution in [0.25, 0.3) is 5.69 Å². The van der Waals surface area contributed by atoms with Gasteiger partial charge in [0.2, 0.25) is 5.88 Å². The molecule has 1 amide bonds. The van der Waals surface area contributed by atoms with Gasteiger partial charge in [0, 0.05) is 49.0 Å². The molecule has 1 aliphatic heterocycles. The monoisotopic (exact) mass is 589 g/mol. The number of ether oxygens (including phenoxy) is 3. The van der Waals surface area contributed by atoms with Crippen LogP contribution in [-0.2, 0) is 20.9 Å². The molecule has 1 aliphatic rings. The Balaban J connectivity index is 0.000000278. The molecule has 41 heavy (non-hydrogen) atoms. The summed E-state index contributed by atoms with van der Waals surface area (Å²) in [7, 11) is 4.26. The molecule has 1 unspecified atom stereocenters. The summed E-state index contributed by atoms with van der Waals surface area (Å²) < 4.78 is 17.4. The number of para-hydroxylation sites is 1. The molecule has 1 aromatic heterocycles. The lowest BCUT2D eigenvalue weighted by Gasteiger charge is -2.20. The van der Waals surface area contributed by atoms with E-state index in [2.05, 4.69) is 20.8 Å². The maximum Gasteiger partial charge on any atom is 0.438 e. The molecule has 1 atom stereocenters. The number of nitrogens with one attached hydrogen (secondary N) is 2. The molecule has 220 valence electrons. The Kier molecular flexibility index (Phi) is 12.2. The highest BCUT2D eigenvalue weighted by Gasteiger charge is 2.20. The summed E-state index contributed by atoms with van der Waals surface area (Å²) in [5.74, 6) is 1.05. The van der Waals surface area contributed by atoms with E-state index in [1.54, 1.807) is 48.3 Å². The molecule has 4 rings (SSSR count). The van der Waals surface area contributed by atoms with E-state index in [0.717, 1.165) is 29.3 Å². The van der Waals surface area contributed by atoms with Crippen LogP contribution in [0.4, 0.5) is 10.5 Å². The first-order valence-electron chi connectivity index (χ1n) is 12.5. The van der Waals surface area contributed by atoms with Crippen LogP contribution in [0, 0.1) is 16.0 Å². The summed E-state index contributed by atoms with van der Waals surface area (Å²) in [6, 6.07) is 16.3. The zero-order valence-corrected chi connectivity index (χ0v) is 23.6. The fourth-order valence-electron chi connectivity index (χ4n) is 3.70. The molecule has 15 heteroatoms. The first kappa shape index (κ1) is 31.1. The highest BCUT2D eigenvalue weighted by atomic mass is 35.5. The fraction of sp³-hybridized carbons (Fsp3) is 0.346. The molecule has 2 aromatic carbocycles. The van der Waals surface area contributed by atoms with Gasteiger partial charge < -0.3 is 24.8 Å². The average Bonchev–Trinajstić information content (AvgIpc) is 3.68. The first-order valence-corrected chi connectivity index (χ1v) is 12.9. The van der Waals surface area contributed by atoms with E-state index in [-0.39, 0.29) is 12.6 Å². The predicted octanol–water partition coefficient (Wildman–Crippen LogP) is 3.62. The second kappa shape index (κ2) is 16.0. The number of rotatable bonds is 9. The Morgan fingerprint density at radius 1 is 1.24 bits per heavy atom. The third-order valence-corrected chi connectivity index (χ3v) is 6.02. The smallest absolute Gasteiger partial charge is 0.438 e. The molecule has 0 saturated carbocycles. The number of guanidine groups is 1. The topological polar surface area (TPSA) is 155 Å². The number of carbonyl (C=O) groups is 1. The number of amides is 1. The van der Waals surface area contributed by atoms with Gasteiger partial charge in [-0.3, -0.25) is 4.84 Å². The maximum atomic E-state index is 11.9. The van der Waals surface area contributed by atoms with E-state index in [1.165, 1.54) is 14.2 Å². The number of hydrogen-bond donors (Lipinski definition) is 2. The van der Waals surface area contributed by atoms with Crippen molar-refractivity contribution in [1.29, 1.82) is 0 Å². The van der Waals surface area contributed by atoms with Crippen molar-refractivity contribution in [3.63, 3.8) is 0 Å². The van der Waals surface area contributed by atoms with Crippen LogP contribution in [0.1, 0.15) is 12.0 Å². The average molecular weight is 590 g/mol. The van der Waals surface area contributed by atoms with Crippen molar-refractivity contribution in [2.45, 2.75) is 13.0 Å². The Bertz CT molecular complexity index is 1300. The van der Waals surface area contributed by atoms with Crippen molar-refractivity contribution >= 4 is 29.3 Å². The van der Waals surface area contributed by atoms with E-state index < -0.39 is 11.1 Å². The number of nitrogens with zero attached hydrogens (tertiary/aromatic N) is 5. The summed E-state index contributed by atoms with van der Waals surface area (Å²) in [6.07, 6.45) is 2.15. The maximum absolute atomic E-state index is 11.9. The van der Waals surface area contributed by atoms with Crippen LogP contribution in [0.3, 0.4) is 0 Å². The molecule has 1 fully saturated rings. The first-order chi connectivity index (χ1) is 19.8. The Hall–Kier alpha value is -4.40. The number of anilines is 1. The second-order valence-electron chi connectivity index (χ2n) is 8.49. The van der Waals surface area contributed by atoms with E-state index >= 15 is 0 Å². The highest BCUT2D eigenvalue weighted by Crippen LogP contribution is 2.23. The van der Waals surface area contributed by atoms with Crippen molar-refractivity contribution in [3.8, 4) is 11.6 Å². The molecular weight excluding hydrogens is 558 g/mol. The summed E-state index contributed by atoms with van der Waals surface area (Å²) in [4.78, 5) is 27.1. The minimum Gasteiger partial charge on any atom is -0.472 e. The quantitative estimate of drug-likeness (QED) is 0.164. The van der Waals surface area contributed by atoms with Gasteiger partial charge in [0.15, 0.2) is 5.03 Å². The van der Waals surface area contributed by atoms with Gasteiger partial charge in [-0.15, -0.1) is 5.10 Å². The fourth-order valence-corrected chi connectivity index (χ4v) is 3.83. The molecule has 0 radical (unpaired) electrons. The summed E-state index contributed by atoms with van der Waals surface area (Å²) in [5, 5.41) is 24.1. The van der Waals surface area contributed by atoms with E-state index in [9.17, 15) is 14.9 Å². The van der Waals surface area contributed by atoms with Crippen LogP contribution in [0.5, 0.6) is 5.88 Å². The van der Waals surface area contributed by atoms with Crippen molar-refractivity contribution in [1.82, 2.24) is 20.4 Å². The van der Waals surface area contributed by atoms with E-state index in [4.69, 9.17) is 30.6 Å². The number of carbonyl (C=O) groups excluding carboxylic acids is 1. The number of benzene rings is 2.